The van der Waals surface area contributed by atoms with Crippen molar-refractivity contribution in [1.82, 2.24) is 19.7 Å². The first-order valence-corrected chi connectivity index (χ1v) is 8.81. The van der Waals surface area contributed by atoms with Gasteiger partial charge in [-0.3, -0.25) is 14.6 Å². The molecule has 0 saturated heterocycles. The largest absolute Gasteiger partial charge is 0.463 e. The highest BCUT2D eigenvalue weighted by Gasteiger charge is 2.21. The molecule has 0 aliphatic heterocycles. The van der Waals surface area contributed by atoms with Crippen LogP contribution < -0.4 is 10.9 Å². The van der Waals surface area contributed by atoms with Gasteiger partial charge in [-0.05, 0) is 31.4 Å². The molecule has 0 radical (unpaired) electrons. The number of aromatic nitrogens is 4. The fourth-order valence-corrected chi connectivity index (χ4v) is 3.17. The molecule has 0 atom stereocenters. The van der Waals surface area contributed by atoms with Crippen LogP contribution in [0, 0.1) is 0 Å². The molecule has 3 aromatic heterocycles. The van der Waals surface area contributed by atoms with E-state index in [1.165, 1.54) is 10.9 Å². The third-order valence-corrected chi connectivity index (χ3v) is 4.39. The molecule has 4 rings (SSSR count). The number of fused-ring (bicyclic) bond motifs is 1. The lowest BCUT2D eigenvalue weighted by atomic mass is 10.3. The molecule has 8 nitrogen and oxygen atoms in total. The zero-order valence-corrected chi connectivity index (χ0v) is 14.5. The van der Waals surface area contributed by atoms with Crippen molar-refractivity contribution in [3.05, 3.63) is 46.1 Å². The smallest absolute Gasteiger partial charge is 0.255 e. The third-order valence-electron chi connectivity index (χ3n) is 4.20. The van der Waals surface area contributed by atoms with E-state index in [1.807, 2.05) is 0 Å². The lowest BCUT2D eigenvalue weighted by Crippen LogP contribution is -2.21. The summed E-state index contributed by atoms with van der Waals surface area (Å²) >= 11 is 5.63. The molecule has 3 aromatic rings. The van der Waals surface area contributed by atoms with Gasteiger partial charge in [-0.25, -0.2) is 4.98 Å². The van der Waals surface area contributed by atoms with E-state index in [2.05, 4.69) is 20.4 Å². The summed E-state index contributed by atoms with van der Waals surface area (Å²) in [5.41, 5.74) is 1.84. The van der Waals surface area contributed by atoms with Gasteiger partial charge in [-0.1, -0.05) is 0 Å². The number of H-pyrrole nitrogens is 1. The van der Waals surface area contributed by atoms with Crippen molar-refractivity contribution in [2.24, 2.45) is 0 Å². The van der Waals surface area contributed by atoms with Gasteiger partial charge in [-0.15, -0.1) is 11.6 Å². The van der Waals surface area contributed by atoms with Crippen molar-refractivity contribution in [3.63, 3.8) is 0 Å². The first kappa shape index (κ1) is 16.6. The highest BCUT2D eigenvalue weighted by Crippen LogP contribution is 2.25. The highest BCUT2D eigenvalue weighted by atomic mass is 35.5. The topological polar surface area (TPSA) is 106 Å². The van der Waals surface area contributed by atoms with Gasteiger partial charge < -0.3 is 9.73 Å². The van der Waals surface area contributed by atoms with Gasteiger partial charge in [0.15, 0.2) is 5.76 Å². The van der Waals surface area contributed by atoms with Crippen molar-refractivity contribution < 1.29 is 9.21 Å². The second-order valence-electron chi connectivity index (χ2n) is 5.96. The molecule has 134 valence electrons. The number of carbonyl (C=O) groups excluding carboxylic acids is 1. The molecule has 9 heteroatoms. The average molecular weight is 374 g/mol. The summed E-state index contributed by atoms with van der Waals surface area (Å²) in [4.78, 5) is 31.6. The molecular weight excluding hydrogens is 358 g/mol. The van der Waals surface area contributed by atoms with Crippen LogP contribution in [0.3, 0.4) is 0 Å². The van der Waals surface area contributed by atoms with Crippen molar-refractivity contribution >= 4 is 23.3 Å². The normalized spacial score (nSPS) is 13.0. The number of anilines is 1. The number of amides is 1. The number of nitrogens with zero attached hydrogens (tertiary/aromatic N) is 3. The van der Waals surface area contributed by atoms with E-state index in [0.29, 0.717) is 17.3 Å². The lowest BCUT2D eigenvalue weighted by molar-refractivity contribution is -0.115. The summed E-state index contributed by atoms with van der Waals surface area (Å²) in [6.07, 6.45) is 4.10. The Morgan fingerprint density at radius 3 is 3.08 bits per heavy atom. The molecule has 0 fully saturated rings. The molecule has 0 spiro atoms. The number of halogens is 1. The average Bonchev–Trinajstić information content (AvgIpc) is 3.35. The van der Waals surface area contributed by atoms with Crippen LogP contribution in [-0.4, -0.2) is 31.5 Å². The minimum absolute atomic E-state index is 0.164. The Labute approximate surface area is 153 Å². The van der Waals surface area contributed by atoms with E-state index in [-0.39, 0.29) is 29.7 Å². The summed E-state index contributed by atoms with van der Waals surface area (Å²) in [6.45, 7) is 0. The van der Waals surface area contributed by atoms with Gasteiger partial charge in [0, 0.05) is 23.9 Å². The highest BCUT2D eigenvalue weighted by molar-refractivity contribution is 6.19. The molecule has 1 amide bonds. The van der Waals surface area contributed by atoms with Gasteiger partial charge in [-0.2, -0.15) is 9.78 Å². The second kappa shape index (κ2) is 6.80. The van der Waals surface area contributed by atoms with Gasteiger partial charge in [0.25, 0.3) is 5.56 Å². The Morgan fingerprint density at radius 1 is 1.42 bits per heavy atom. The van der Waals surface area contributed by atoms with E-state index in [4.69, 9.17) is 16.0 Å². The van der Waals surface area contributed by atoms with Crippen LogP contribution in [0.4, 0.5) is 5.82 Å². The molecule has 0 saturated carbocycles. The van der Waals surface area contributed by atoms with Gasteiger partial charge in [0.2, 0.25) is 11.9 Å². The maximum Gasteiger partial charge on any atom is 0.255 e. The Hall–Kier alpha value is -2.87. The van der Waals surface area contributed by atoms with Crippen LogP contribution in [0.2, 0.25) is 0 Å². The molecule has 1 aliphatic carbocycles. The Bertz CT molecular complexity index is 1010. The first-order valence-electron chi connectivity index (χ1n) is 8.28. The van der Waals surface area contributed by atoms with E-state index in [1.54, 1.807) is 18.2 Å². The summed E-state index contributed by atoms with van der Waals surface area (Å²) in [7, 11) is 0. The monoisotopic (exact) mass is 373 g/mol. The molecule has 1 aliphatic rings. The van der Waals surface area contributed by atoms with Gasteiger partial charge >= 0.3 is 0 Å². The van der Waals surface area contributed by atoms with Gasteiger partial charge in [0.05, 0.1) is 12.0 Å². The number of furan rings is 1. The molecule has 2 N–H and O–H groups in total. The summed E-state index contributed by atoms with van der Waals surface area (Å²) in [6, 6.07) is 5.17. The summed E-state index contributed by atoms with van der Waals surface area (Å²) in [5.74, 6) is 1.14. The van der Waals surface area contributed by atoms with E-state index < -0.39 is 0 Å². The van der Waals surface area contributed by atoms with Crippen LogP contribution in [0.25, 0.3) is 17.4 Å². The Kier molecular flexibility index (Phi) is 4.34. The minimum atomic E-state index is -0.254. The molecule has 0 bridgehead atoms. The maximum absolute atomic E-state index is 12.3. The number of hydrogen-bond donors (Lipinski definition) is 2. The Balaban J connectivity index is 1.80. The standard InChI is InChI=1S/C17H16ClN5O3/c18-7-6-15(24)20-14-9-12(13-5-2-8-26-13)22-23(14)17-19-11-4-1-3-10(11)16(25)21-17/h2,5,8-9H,1,3-4,6-7H2,(H,20,24)(H,19,21,25). The second-order valence-corrected chi connectivity index (χ2v) is 6.34. The molecular formula is C17H16ClN5O3. The van der Waals surface area contributed by atoms with Crippen LogP contribution in [0.5, 0.6) is 0 Å². The number of aryl methyl sites for hydroxylation is 1. The van der Waals surface area contributed by atoms with Crippen molar-refractivity contribution in [1.29, 1.82) is 0 Å². The number of hydrogen-bond acceptors (Lipinski definition) is 5. The Morgan fingerprint density at radius 2 is 2.31 bits per heavy atom. The van der Waals surface area contributed by atoms with Crippen LogP contribution in [0.15, 0.2) is 33.7 Å². The van der Waals surface area contributed by atoms with Crippen molar-refractivity contribution in [3.8, 4) is 17.4 Å². The number of nitrogens with one attached hydrogen (secondary N) is 2. The van der Waals surface area contributed by atoms with Crippen LogP contribution in [0.1, 0.15) is 24.1 Å². The zero-order valence-electron chi connectivity index (χ0n) is 13.8. The fraction of sp³-hybridized carbons (Fsp3) is 0.294. The van der Waals surface area contributed by atoms with Crippen LogP contribution in [-0.2, 0) is 17.6 Å². The van der Waals surface area contributed by atoms with E-state index >= 15 is 0 Å². The van der Waals surface area contributed by atoms with E-state index in [0.717, 1.165) is 30.5 Å². The molecule has 0 aromatic carbocycles. The predicted molar refractivity (Wildman–Crippen MR) is 95.7 cm³/mol. The van der Waals surface area contributed by atoms with E-state index in [9.17, 15) is 9.59 Å². The number of carbonyl (C=O) groups is 1. The number of alkyl halides is 1. The third kappa shape index (κ3) is 3.03. The van der Waals surface area contributed by atoms with Crippen LogP contribution >= 0.6 is 11.6 Å². The summed E-state index contributed by atoms with van der Waals surface area (Å²) < 4.78 is 6.78. The quantitative estimate of drug-likeness (QED) is 0.667. The predicted octanol–water partition coefficient (Wildman–Crippen LogP) is 2.27. The summed E-state index contributed by atoms with van der Waals surface area (Å²) in [5, 5.41) is 7.20. The van der Waals surface area contributed by atoms with Crippen molar-refractivity contribution in [2.75, 3.05) is 11.2 Å². The molecule has 3 heterocycles. The first-order chi connectivity index (χ1) is 12.7. The number of aromatic amines is 1. The fourth-order valence-electron chi connectivity index (χ4n) is 3.00. The van der Waals surface area contributed by atoms with Crippen molar-refractivity contribution in [2.45, 2.75) is 25.7 Å². The molecule has 26 heavy (non-hydrogen) atoms. The lowest BCUT2D eigenvalue weighted by Gasteiger charge is -2.08. The molecule has 0 unspecified atom stereocenters. The minimum Gasteiger partial charge on any atom is -0.463 e. The maximum atomic E-state index is 12.3. The van der Waals surface area contributed by atoms with Gasteiger partial charge in [0.1, 0.15) is 11.5 Å². The number of rotatable bonds is 5. The zero-order chi connectivity index (χ0) is 18.1. The SMILES string of the molecule is O=C(CCCl)Nc1cc(-c2ccco2)nn1-c1nc2c(c(=O)[nH]1)CCC2.